The zero-order chi connectivity index (χ0) is 17.2. The van der Waals surface area contributed by atoms with Crippen LogP contribution >= 0.6 is 0 Å². The number of hydrogen-bond donors (Lipinski definition) is 3. The van der Waals surface area contributed by atoms with Crippen LogP contribution in [0.2, 0.25) is 0 Å². The van der Waals surface area contributed by atoms with Gasteiger partial charge in [-0.1, -0.05) is 30.3 Å². The van der Waals surface area contributed by atoms with Gasteiger partial charge in [0, 0.05) is 6.42 Å². The predicted octanol–water partition coefficient (Wildman–Crippen LogP) is -0.260. The highest BCUT2D eigenvalue weighted by Gasteiger charge is 2.25. The maximum Gasteiger partial charge on any atom is 0.328 e. The fourth-order valence-electron chi connectivity index (χ4n) is 2.13. The third-order valence-corrected chi connectivity index (χ3v) is 3.43. The molecule has 0 heterocycles. The van der Waals surface area contributed by atoms with Gasteiger partial charge in [-0.25, -0.2) is 4.79 Å². The number of rotatable bonds is 9. The van der Waals surface area contributed by atoms with E-state index in [2.05, 4.69) is 15.4 Å². The third-order valence-electron chi connectivity index (χ3n) is 3.43. The number of esters is 1. The van der Waals surface area contributed by atoms with Gasteiger partial charge in [-0.2, -0.15) is 0 Å². The monoisotopic (exact) mass is 321 g/mol. The molecular weight excluding hydrogens is 298 g/mol. The van der Waals surface area contributed by atoms with Crippen LogP contribution in [0.4, 0.5) is 0 Å². The van der Waals surface area contributed by atoms with E-state index in [0.717, 1.165) is 5.56 Å². The molecule has 0 aromatic heterocycles. The topological polar surface area (TPSA) is 111 Å². The number of carbonyl (C=O) groups excluding carboxylic acids is 3. The first-order valence-corrected chi connectivity index (χ1v) is 7.35. The Kier molecular flexibility index (Phi) is 7.76. The van der Waals surface area contributed by atoms with Crippen LogP contribution in [0, 0.1) is 0 Å². The zero-order valence-corrected chi connectivity index (χ0v) is 13.4. The van der Waals surface area contributed by atoms with Crippen LogP contribution < -0.4 is 16.4 Å². The summed E-state index contributed by atoms with van der Waals surface area (Å²) in [5.74, 6) is -1.48. The van der Waals surface area contributed by atoms with E-state index in [1.165, 1.54) is 7.11 Å². The molecule has 0 unspecified atom stereocenters. The lowest BCUT2D eigenvalue weighted by molar-refractivity contribution is -0.145. The average molecular weight is 321 g/mol. The quantitative estimate of drug-likeness (QED) is 0.543. The Morgan fingerprint density at radius 2 is 1.83 bits per heavy atom. The van der Waals surface area contributed by atoms with E-state index in [1.807, 2.05) is 30.3 Å². The maximum absolute atomic E-state index is 12.4. The van der Waals surface area contributed by atoms with Gasteiger partial charge in [-0.15, -0.1) is 0 Å². The van der Waals surface area contributed by atoms with Crippen molar-refractivity contribution in [2.75, 3.05) is 14.2 Å². The summed E-state index contributed by atoms with van der Waals surface area (Å²) in [4.78, 5) is 35.0. The molecule has 1 rings (SSSR count). The molecule has 0 aliphatic rings. The van der Waals surface area contributed by atoms with Gasteiger partial charge >= 0.3 is 5.97 Å². The lowest BCUT2D eigenvalue weighted by Gasteiger charge is -2.21. The molecule has 23 heavy (non-hydrogen) atoms. The van der Waals surface area contributed by atoms with E-state index >= 15 is 0 Å². The van der Waals surface area contributed by atoms with Crippen LogP contribution in [0.1, 0.15) is 18.4 Å². The molecule has 0 aliphatic heterocycles. The molecule has 2 amide bonds. The van der Waals surface area contributed by atoms with Crippen molar-refractivity contribution < 1.29 is 19.1 Å². The molecule has 0 aliphatic carbocycles. The normalized spacial score (nSPS) is 13.0. The van der Waals surface area contributed by atoms with E-state index < -0.39 is 24.0 Å². The molecule has 0 fully saturated rings. The summed E-state index contributed by atoms with van der Waals surface area (Å²) in [6, 6.07) is 8.12. The highest BCUT2D eigenvalue weighted by atomic mass is 16.5. The second kappa shape index (κ2) is 9.58. The first-order chi connectivity index (χ1) is 11.0. The zero-order valence-electron chi connectivity index (χ0n) is 13.4. The van der Waals surface area contributed by atoms with Gasteiger partial charge in [0.15, 0.2) is 0 Å². The van der Waals surface area contributed by atoms with Gasteiger partial charge in [-0.3, -0.25) is 9.59 Å². The highest BCUT2D eigenvalue weighted by Crippen LogP contribution is 2.05. The number of carbonyl (C=O) groups is 3. The molecule has 0 bridgehead atoms. The SMILES string of the molecule is CN[C@@H](Cc1ccccc1)C(=O)N[C@@H](CCC(N)=O)C(=O)OC. The summed E-state index contributed by atoms with van der Waals surface area (Å²) in [7, 11) is 2.90. The van der Waals surface area contributed by atoms with Crippen molar-refractivity contribution >= 4 is 17.8 Å². The first-order valence-electron chi connectivity index (χ1n) is 7.35. The Morgan fingerprint density at radius 3 is 2.35 bits per heavy atom. The van der Waals surface area contributed by atoms with Crippen molar-refractivity contribution in [3.8, 4) is 0 Å². The van der Waals surface area contributed by atoms with Gasteiger partial charge in [0.25, 0.3) is 0 Å². The number of methoxy groups -OCH3 is 1. The summed E-state index contributed by atoms with van der Waals surface area (Å²) in [5.41, 5.74) is 6.08. The number of primary amides is 1. The Hall–Kier alpha value is -2.41. The average Bonchev–Trinajstić information content (AvgIpc) is 2.56. The van der Waals surface area contributed by atoms with Crippen molar-refractivity contribution in [1.29, 1.82) is 0 Å². The molecule has 0 saturated heterocycles. The summed E-state index contributed by atoms with van der Waals surface area (Å²) in [5, 5.41) is 5.53. The minimum atomic E-state index is -0.897. The summed E-state index contributed by atoms with van der Waals surface area (Å²) in [6.07, 6.45) is 0.575. The summed E-state index contributed by atoms with van der Waals surface area (Å²) < 4.78 is 4.65. The van der Waals surface area contributed by atoms with Crippen molar-refractivity contribution in [3.63, 3.8) is 0 Å². The molecule has 1 aromatic rings. The van der Waals surface area contributed by atoms with E-state index in [9.17, 15) is 14.4 Å². The second-order valence-electron chi connectivity index (χ2n) is 5.12. The number of hydrogen-bond acceptors (Lipinski definition) is 5. The minimum absolute atomic E-state index is 0.0110. The van der Waals surface area contributed by atoms with E-state index in [-0.39, 0.29) is 18.7 Å². The highest BCUT2D eigenvalue weighted by molar-refractivity contribution is 5.88. The molecule has 0 saturated carbocycles. The third kappa shape index (κ3) is 6.48. The number of likely N-dealkylation sites (N-methyl/N-ethyl adjacent to an activating group) is 1. The molecule has 2 atom stereocenters. The number of benzene rings is 1. The molecular formula is C16H23N3O4. The van der Waals surface area contributed by atoms with Gasteiger partial charge in [0.1, 0.15) is 6.04 Å². The molecule has 4 N–H and O–H groups in total. The lowest BCUT2D eigenvalue weighted by atomic mass is 10.0. The number of nitrogens with one attached hydrogen (secondary N) is 2. The molecule has 7 nitrogen and oxygen atoms in total. The van der Waals surface area contributed by atoms with Crippen molar-refractivity contribution in [1.82, 2.24) is 10.6 Å². The van der Waals surface area contributed by atoms with Crippen molar-refractivity contribution in [2.45, 2.75) is 31.3 Å². The predicted molar refractivity (Wildman–Crippen MR) is 85.4 cm³/mol. The first kappa shape index (κ1) is 18.6. The fraction of sp³-hybridized carbons (Fsp3) is 0.438. The maximum atomic E-state index is 12.4. The number of ether oxygens (including phenoxy) is 1. The van der Waals surface area contributed by atoms with E-state index in [1.54, 1.807) is 7.05 Å². The van der Waals surface area contributed by atoms with E-state index in [4.69, 9.17) is 5.73 Å². The fourth-order valence-corrected chi connectivity index (χ4v) is 2.13. The van der Waals surface area contributed by atoms with Crippen LogP contribution in [0.3, 0.4) is 0 Å². The van der Waals surface area contributed by atoms with Crippen LogP contribution in [0.15, 0.2) is 30.3 Å². The van der Waals surface area contributed by atoms with Gasteiger partial charge in [-0.05, 0) is 25.5 Å². The van der Waals surface area contributed by atoms with E-state index in [0.29, 0.717) is 6.42 Å². The second-order valence-corrected chi connectivity index (χ2v) is 5.12. The summed E-state index contributed by atoms with van der Waals surface area (Å²) >= 11 is 0. The Morgan fingerprint density at radius 1 is 1.17 bits per heavy atom. The van der Waals surface area contributed by atoms with Crippen molar-refractivity contribution in [2.24, 2.45) is 5.73 Å². The molecule has 1 aromatic carbocycles. The summed E-state index contributed by atoms with van der Waals surface area (Å²) in [6.45, 7) is 0. The van der Waals surface area contributed by atoms with Crippen LogP contribution in [-0.4, -0.2) is 44.0 Å². The van der Waals surface area contributed by atoms with Gasteiger partial charge in [0.05, 0.1) is 13.2 Å². The lowest BCUT2D eigenvalue weighted by Crippen LogP contribution is -2.50. The van der Waals surface area contributed by atoms with Crippen LogP contribution in [0.5, 0.6) is 0 Å². The molecule has 7 heteroatoms. The van der Waals surface area contributed by atoms with Gasteiger partial charge < -0.3 is 21.1 Å². The molecule has 126 valence electrons. The van der Waals surface area contributed by atoms with Crippen LogP contribution in [0.25, 0.3) is 0 Å². The molecule has 0 radical (unpaired) electrons. The van der Waals surface area contributed by atoms with Gasteiger partial charge in [0.2, 0.25) is 11.8 Å². The largest absolute Gasteiger partial charge is 0.467 e. The molecule has 0 spiro atoms. The smallest absolute Gasteiger partial charge is 0.328 e. The number of nitrogens with two attached hydrogens (primary N) is 1. The standard InChI is InChI=1S/C16H23N3O4/c1-18-13(10-11-6-4-3-5-7-11)15(21)19-12(16(22)23-2)8-9-14(17)20/h3-7,12-13,18H,8-10H2,1-2H3,(H2,17,20)(H,19,21)/t12-,13-/m0/s1. The van der Waals surface area contributed by atoms with Crippen molar-refractivity contribution in [3.05, 3.63) is 35.9 Å². The Balaban J connectivity index is 2.70. The Labute approximate surface area is 135 Å². The van der Waals surface area contributed by atoms with Crippen LogP contribution in [-0.2, 0) is 25.5 Å². The Bertz CT molecular complexity index is 533. The minimum Gasteiger partial charge on any atom is -0.467 e. The number of amides is 2.